The Balaban J connectivity index is 1.67. The monoisotopic (exact) mass is 520 g/mol. The minimum absolute atomic E-state index is 0.0158. The molecular formula is C27H29BrN4O2. The number of aryl methyl sites for hydroxylation is 3. The second-order valence-corrected chi connectivity index (χ2v) is 9.81. The molecule has 1 heterocycles. The number of aliphatic carboxylic acids is 1. The van der Waals surface area contributed by atoms with Crippen LogP contribution in [0.3, 0.4) is 0 Å². The van der Waals surface area contributed by atoms with Gasteiger partial charge in [-0.1, -0.05) is 63.6 Å². The Bertz CT molecular complexity index is 1350. The predicted molar refractivity (Wildman–Crippen MR) is 138 cm³/mol. The Morgan fingerprint density at radius 3 is 2.56 bits per heavy atom. The number of rotatable bonds is 8. The molecule has 0 amide bonds. The zero-order valence-electron chi connectivity index (χ0n) is 19.9. The lowest BCUT2D eigenvalue weighted by Gasteiger charge is -2.23. The van der Waals surface area contributed by atoms with Crippen molar-refractivity contribution in [1.29, 1.82) is 0 Å². The van der Waals surface area contributed by atoms with Gasteiger partial charge in [0.2, 0.25) is 0 Å². The molecule has 3 aromatic carbocycles. The average molecular weight is 521 g/mol. The third-order valence-electron chi connectivity index (χ3n) is 6.45. The van der Waals surface area contributed by atoms with Gasteiger partial charge in [-0.2, -0.15) is 0 Å². The molecule has 6 nitrogen and oxygen atoms in total. The summed E-state index contributed by atoms with van der Waals surface area (Å²) in [5, 5.41) is 18.2. The largest absolute Gasteiger partial charge is 0.481 e. The van der Waals surface area contributed by atoms with Gasteiger partial charge in [-0.05, 0) is 66.4 Å². The summed E-state index contributed by atoms with van der Waals surface area (Å²) < 4.78 is 2.84. The fourth-order valence-electron chi connectivity index (χ4n) is 4.55. The van der Waals surface area contributed by atoms with Crippen LogP contribution in [0.1, 0.15) is 45.7 Å². The Labute approximate surface area is 208 Å². The SMILES string of the molecule is Cc1ccc(C(CC(=O)O)c2ccc3c(nnn3C)c2C)cc1CN(C)Cc1ccccc1Br. The molecule has 0 spiro atoms. The standard InChI is InChI=1S/C27H29BrN4O2/c1-17-9-10-19(13-21(17)16-31(3)15-20-7-5-6-8-24(20)28)23(14-26(33)34)22-11-12-25-27(18(22)2)29-30-32(25)4/h5-13,23H,14-16H2,1-4H3,(H,33,34). The van der Waals surface area contributed by atoms with Crippen molar-refractivity contribution >= 4 is 32.9 Å². The Morgan fingerprint density at radius 2 is 1.82 bits per heavy atom. The van der Waals surface area contributed by atoms with Gasteiger partial charge in [-0.3, -0.25) is 9.69 Å². The molecule has 0 bridgehead atoms. The lowest BCUT2D eigenvalue weighted by molar-refractivity contribution is -0.137. The van der Waals surface area contributed by atoms with E-state index in [1.807, 2.05) is 38.2 Å². The maximum Gasteiger partial charge on any atom is 0.304 e. The average Bonchev–Trinajstić information content (AvgIpc) is 3.17. The number of carbonyl (C=O) groups is 1. The first-order chi connectivity index (χ1) is 16.2. The van der Waals surface area contributed by atoms with Gasteiger partial charge in [0.05, 0.1) is 11.9 Å². The summed E-state index contributed by atoms with van der Waals surface area (Å²) >= 11 is 3.64. The van der Waals surface area contributed by atoms with Crippen LogP contribution in [0, 0.1) is 13.8 Å². The molecule has 0 radical (unpaired) electrons. The Morgan fingerprint density at radius 1 is 1.09 bits per heavy atom. The van der Waals surface area contributed by atoms with Crippen LogP contribution in [0.5, 0.6) is 0 Å². The summed E-state index contributed by atoms with van der Waals surface area (Å²) in [4.78, 5) is 14.1. The number of hydrogen-bond acceptors (Lipinski definition) is 4. The molecule has 7 heteroatoms. The van der Waals surface area contributed by atoms with Crippen molar-refractivity contribution in [2.24, 2.45) is 7.05 Å². The van der Waals surface area contributed by atoms with Gasteiger partial charge in [-0.15, -0.1) is 5.10 Å². The summed E-state index contributed by atoms with van der Waals surface area (Å²) in [6, 6.07) is 18.6. The first-order valence-electron chi connectivity index (χ1n) is 11.3. The fourth-order valence-corrected chi connectivity index (χ4v) is 4.96. The minimum Gasteiger partial charge on any atom is -0.481 e. The van der Waals surface area contributed by atoms with Crippen LogP contribution in [0.15, 0.2) is 59.1 Å². The van der Waals surface area contributed by atoms with Crippen LogP contribution < -0.4 is 0 Å². The zero-order valence-corrected chi connectivity index (χ0v) is 21.5. The molecule has 0 fully saturated rings. The van der Waals surface area contributed by atoms with Gasteiger partial charge in [0.15, 0.2) is 0 Å². The third-order valence-corrected chi connectivity index (χ3v) is 7.22. The molecule has 0 aliphatic rings. The number of carboxylic acids is 1. The highest BCUT2D eigenvalue weighted by molar-refractivity contribution is 9.10. The quantitative estimate of drug-likeness (QED) is 0.328. The molecule has 0 aliphatic heterocycles. The molecule has 34 heavy (non-hydrogen) atoms. The van der Waals surface area contributed by atoms with Gasteiger partial charge in [0.25, 0.3) is 0 Å². The van der Waals surface area contributed by atoms with E-state index in [0.717, 1.165) is 45.3 Å². The maximum atomic E-state index is 11.9. The molecule has 1 N–H and O–H groups in total. The smallest absolute Gasteiger partial charge is 0.304 e. The van der Waals surface area contributed by atoms with Crippen molar-refractivity contribution in [3.8, 4) is 0 Å². The van der Waals surface area contributed by atoms with E-state index < -0.39 is 5.97 Å². The van der Waals surface area contributed by atoms with Crippen molar-refractivity contribution < 1.29 is 9.90 Å². The van der Waals surface area contributed by atoms with E-state index in [1.54, 1.807) is 4.68 Å². The van der Waals surface area contributed by atoms with Gasteiger partial charge in [-0.25, -0.2) is 4.68 Å². The van der Waals surface area contributed by atoms with Gasteiger partial charge >= 0.3 is 5.97 Å². The number of halogens is 1. The molecule has 4 aromatic rings. The topological polar surface area (TPSA) is 71.2 Å². The molecule has 1 aromatic heterocycles. The Kier molecular flexibility index (Phi) is 7.14. The molecule has 0 saturated heterocycles. The molecule has 176 valence electrons. The second-order valence-electron chi connectivity index (χ2n) is 8.96. The van der Waals surface area contributed by atoms with Crippen molar-refractivity contribution in [3.05, 3.63) is 92.5 Å². The van der Waals surface area contributed by atoms with E-state index in [2.05, 4.69) is 75.4 Å². The molecule has 0 aliphatic carbocycles. The van der Waals surface area contributed by atoms with E-state index in [1.165, 1.54) is 16.7 Å². The highest BCUT2D eigenvalue weighted by Gasteiger charge is 2.23. The lowest BCUT2D eigenvalue weighted by Crippen LogP contribution is -2.18. The lowest BCUT2D eigenvalue weighted by atomic mass is 9.84. The number of hydrogen-bond donors (Lipinski definition) is 1. The van der Waals surface area contributed by atoms with E-state index in [4.69, 9.17) is 0 Å². The number of aromatic nitrogens is 3. The summed E-state index contributed by atoms with van der Waals surface area (Å²) in [5.74, 6) is -1.09. The molecule has 1 atom stereocenters. The summed E-state index contributed by atoms with van der Waals surface area (Å²) in [5.41, 5.74) is 8.33. The molecule has 0 saturated carbocycles. The van der Waals surface area contributed by atoms with E-state index in [0.29, 0.717) is 0 Å². The van der Waals surface area contributed by atoms with Gasteiger partial charge in [0, 0.05) is 30.5 Å². The number of carboxylic acid groups (broad SMARTS) is 1. The minimum atomic E-state index is -0.822. The van der Waals surface area contributed by atoms with E-state index in [9.17, 15) is 9.90 Å². The van der Waals surface area contributed by atoms with Crippen LogP contribution in [-0.4, -0.2) is 38.0 Å². The molecular weight excluding hydrogens is 492 g/mol. The van der Waals surface area contributed by atoms with Crippen LogP contribution in [0.2, 0.25) is 0 Å². The number of fused-ring (bicyclic) bond motifs is 1. The van der Waals surface area contributed by atoms with E-state index in [-0.39, 0.29) is 12.3 Å². The first kappa shape index (κ1) is 24.1. The summed E-state index contributed by atoms with van der Waals surface area (Å²) in [6.07, 6.45) is 0.0158. The van der Waals surface area contributed by atoms with Crippen molar-refractivity contribution in [3.63, 3.8) is 0 Å². The Hall–Kier alpha value is -3.03. The fraction of sp³-hybridized carbons (Fsp3) is 0.296. The predicted octanol–water partition coefficient (Wildman–Crippen LogP) is 5.59. The molecule has 1 unspecified atom stereocenters. The highest BCUT2D eigenvalue weighted by atomic mass is 79.9. The first-order valence-corrected chi connectivity index (χ1v) is 12.1. The summed E-state index contributed by atoms with van der Waals surface area (Å²) in [6.45, 7) is 5.69. The molecule has 4 rings (SSSR count). The maximum absolute atomic E-state index is 11.9. The number of nitrogens with zero attached hydrogens (tertiary/aromatic N) is 4. The second kappa shape index (κ2) is 10.1. The van der Waals surface area contributed by atoms with Crippen LogP contribution >= 0.6 is 15.9 Å². The summed E-state index contributed by atoms with van der Waals surface area (Å²) in [7, 11) is 3.96. The third kappa shape index (κ3) is 5.05. The van der Waals surface area contributed by atoms with Crippen LogP contribution in [0.4, 0.5) is 0 Å². The van der Waals surface area contributed by atoms with Gasteiger partial charge < -0.3 is 5.11 Å². The van der Waals surface area contributed by atoms with Crippen molar-refractivity contribution in [2.45, 2.75) is 39.3 Å². The van der Waals surface area contributed by atoms with Crippen molar-refractivity contribution in [2.75, 3.05) is 7.05 Å². The highest BCUT2D eigenvalue weighted by Crippen LogP contribution is 2.34. The normalized spacial score (nSPS) is 12.4. The zero-order chi connectivity index (χ0) is 24.4. The van der Waals surface area contributed by atoms with E-state index >= 15 is 0 Å². The van der Waals surface area contributed by atoms with Crippen molar-refractivity contribution in [1.82, 2.24) is 19.9 Å². The van der Waals surface area contributed by atoms with Gasteiger partial charge in [0.1, 0.15) is 5.52 Å². The van der Waals surface area contributed by atoms with Crippen LogP contribution in [-0.2, 0) is 24.9 Å². The van der Waals surface area contributed by atoms with Crippen LogP contribution in [0.25, 0.3) is 11.0 Å². The number of benzene rings is 3.